The predicted molar refractivity (Wildman–Crippen MR) is 67.1 cm³/mol. The third kappa shape index (κ3) is 3.60. The fourth-order valence-corrected chi connectivity index (χ4v) is 1.34. The summed E-state index contributed by atoms with van der Waals surface area (Å²) in [4.78, 5) is 15.9. The third-order valence-corrected chi connectivity index (χ3v) is 3.10. The van der Waals surface area contributed by atoms with Gasteiger partial charge in [0.15, 0.2) is 0 Å². The van der Waals surface area contributed by atoms with Gasteiger partial charge in [-0.3, -0.25) is 4.79 Å². The highest BCUT2D eigenvalue weighted by atomic mass is 35.5. The van der Waals surface area contributed by atoms with Crippen molar-refractivity contribution in [2.24, 2.45) is 5.41 Å². The summed E-state index contributed by atoms with van der Waals surface area (Å²) in [6.07, 6.45) is 1.65. The third-order valence-electron chi connectivity index (χ3n) is 2.43. The van der Waals surface area contributed by atoms with Crippen molar-refractivity contribution in [3.05, 3.63) is 23.9 Å². The van der Waals surface area contributed by atoms with Crippen LogP contribution >= 0.6 is 11.6 Å². The molecule has 1 amide bonds. The number of alkyl halides is 1. The minimum atomic E-state index is -0.572. The number of nitrogens with zero attached hydrogens (tertiary/aromatic N) is 1. The zero-order valence-corrected chi connectivity index (χ0v) is 11.0. The van der Waals surface area contributed by atoms with Crippen LogP contribution in [0.3, 0.4) is 0 Å². The summed E-state index contributed by atoms with van der Waals surface area (Å²) in [7, 11) is 1.55. The summed E-state index contributed by atoms with van der Waals surface area (Å²) in [5.41, 5.74) is 0.269. The van der Waals surface area contributed by atoms with Crippen LogP contribution in [0.15, 0.2) is 18.3 Å². The first kappa shape index (κ1) is 13.8. The molecule has 17 heavy (non-hydrogen) atoms. The number of carbonyl (C=O) groups excluding carboxylic acids is 1. The molecule has 0 aliphatic heterocycles. The molecule has 0 saturated heterocycles. The van der Waals surface area contributed by atoms with Gasteiger partial charge >= 0.3 is 0 Å². The number of pyridine rings is 1. The van der Waals surface area contributed by atoms with Gasteiger partial charge in [-0.1, -0.05) is 6.07 Å². The van der Waals surface area contributed by atoms with Gasteiger partial charge < -0.3 is 10.1 Å². The molecule has 0 saturated carbocycles. The lowest BCUT2D eigenvalue weighted by Crippen LogP contribution is -2.37. The Hall–Kier alpha value is -1.29. The van der Waals surface area contributed by atoms with Crippen LogP contribution in [-0.4, -0.2) is 23.9 Å². The molecule has 0 unspecified atom stereocenters. The second kappa shape index (κ2) is 5.87. The smallest absolute Gasteiger partial charge is 0.227 e. The van der Waals surface area contributed by atoms with Crippen molar-refractivity contribution in [3.63, 3.8) is 0 Å². The van der Waals surface area contributed by atoms with Crippen LogP contribution in [0.4, 0.5) is 0 Å². The van der Waals surface area contributed by atoms with Crippen LogP contribution in [0.2, 0.25) is 0 Å². The second-order valence-corrected chi connectivity index (χ2v) is 4.64. The maximum absolute atomic E-state index is 11.8. The van der Waals surface area contributed by atoms with E-state index in [0.717, 1.165) is 5.56 Å². The molecule has 5 heteroatoms. The molecular weight excluding hydrogens is 240 g/mol. The Labute approximate surface area is 106 Å². The monoisotopic (exact) mass is 256 g/mol. The fourth-order valence-electron chi connectivity index (χ4n) is 1.22. The van der Waals surface area contributed by atoms with Gasteiger partial charge in [0.2, 0.25) is 11.8 Å². The van der Waals surface area contributed by atoms with Gasteiger partial charge in [-0.15, -0.1) is 11.6 Å². The average Bonchev–Trinajstić information content (AvgIpc) is 2.36. The van der Waals surface area contributed by atoms with Crippen molar-refractivity contribution in [1.29, 1.82) is 0 Å². The zero-order valence-electron chi connectivity index (χ0n) is 10.3. The SMILES string of the molecule is COc1ncccc1CNC(=O)C(C)(C)CCl. The summed E-state index contributed by atoms with van der Waals surface area (Å²) < 4.78 is 5.10. The number of nitrogens with one attached hydrogen (secondary N) is 1. The minimum Gasteiger partial charge on any atom is -0.481 e. The first-order valence-corrected chi connectivity index (χ1v) is 5.87. The number of hydrogen-bond acceptors (Lipinski definition) is 3. The molecule has 0 bridgehead atoms. The highest BCUT2D eigenvalue weighted by Crippen LogP contribution is 2.18. The van der Waals surface area contributed by atoms with Gasteiger partial charge in [0.1, 0.15) is 0 Å². The van der Waals surface area contributed by atoms with Crippen molar-refractivity contribution in [3.8, 4) is 5.88 Å². The molecule has 0 aliphatic carbocycles. The lowest BCUT2D eigenvalue weighted by molar-refractivity contribution is -0.128. The molecule has 4 nitrogen and oxygen atoms in total. The maximum Gasteiger partial charge on any atom is 0.227 e. The molecule has 1 aromatic heterocycles. The molecule has 94 valence electrons. The van der Waals surface area contributed by atoms with Crippen LogP contribution in [-0.2, 0) is 11.3 Å². The molecular formula is C12H17ClN2O2. The van der Waals surface area contributed by atoms with Crippen molar-refractivity contribution in [1.82, 2.24) is 10.3 Å². The van der Waals surface area contributed by atoms with Crippen LogP contribution in [0, 0.1) is 5.41 Å². The van der Waals surface area contributed by atoms with Crippen molar-refractivity contribution in [2.75, 3.05) is 13.0 Å². The standard InChI is InChI=1S/C12H17ClN2O2/c1-12(2,8-13)11(16)15-7-9-5-4-6-14-10(9)17-3/h4-6H,7-8H2,1-3H3,(H,15,16). The summed E-state index contributed by atoms with van der Waals surface area (Å²) in [6.45, 7) is 3.99. The number of halogens is 1. The zero-order chi connectivity index (χ0) is 12.9. The molecule has 1 heterocycles. The number of aromatic nitrogens is 1. The molecule has 1 rings (SSSR count). The van der Waals surface area contributed by atoms with Gasteiger partial charge in [-0.2, -0.15) is 0 Å². The second-order valence-electron chi connectivity index (χ2n) is 4.37. The van der Waals surface area contributed by atoms with Crippen LogP contribution < -0.4 is 10.1 Å². The number of rotatable bonds is 5. The first-order chi connectivity index (χ1) is 8.01. The van der Waals surface area contributed by atoms with E-state index in [4.69, 9.17) is 16.3 Å². The summed E-state index contributed by atoms with van der Waals surface area (Å²) >= 11 is 5.73. The Balaban J connectivity index is 2.65. The van der Waals surface area contributed by atoms with Crippen molar-refractivity contribution < 1.29 is 9.53 Å². The first-order valence-electron chi connectivity index (χ1n) is 5.33. The summed E-state index contributed by atoms with van der Waals surface area (Å²) in [5, 5.41) is 2.82. The number of amides is 1. The average molecular weight is 257 g/mol. The molecule has 0 aromatic carbocycles. The van der Waals surface area contributed by atoms with Crippen molar-refractivity contribution in [2.45, 2.75) is 20.4 Å². The minimum absolute atomic E-state index is 0.0848. The van der Waals surface area contributed by atoms with Crippen LogP contribution in [0.5, 0.6) is 5.88 Å². The van der Waals surface area contributed by atoms with Gasteiger partial charge in [0.05, 0.1) is 12.5 Å². The fraction of sp³-hybridized carbons (Fsp3) is 0.500. The number of carbonyl (C=O) groups is 1. The molecule has 0 fully saturated rings. The number of hydrogen-bond donors (Lipinski definition) is 1. The largest absolute Gasteiger partial charge is 0.481 e. The van der Waals surface area contributed by atoms with E-state index >= 15 is 0 Å². The summed E-state index contributed by atoms with van der Waals surface area (Å²) in [6, 6.07) is 3.66. The molecule has 0 aliphatic rings. The number of methoxy groups -OCH3 is 1. The van der Waals surface area contributed by atoms with Crippen LogP contribution in [0.1, 0.15) is 19.4 Å². The predicted octanol–water partition coefficient (Wildman–Crippen LogP) is 1.97. The molecule has 0 radical (unpaired) electrons. The van der Waals surface area contributed by atoms with E-state index in [1.54, 1.807) is 33.2 Å². The Kier molecular flexibility index (Phi) is 4.75. The highest BCUT2D eigenvalue weighted by Gasteiger charge is 2.26. The van der Waals surface area contributed by atoms with Gasteiger partial charge in [0, 0.05) is 24.2 Å². The Morgan fingerprint density at radius 2 is 2.29 bits per heavy atom. The lowest BCUT2D eigenvalue weighted by Gasteiger charge is -2.20. The van der Waals surface area contributed by atoms with Crippen molar-refractivity contribution >= 4 is 17.5 Å². The van der Waals surface area contributed by atoms with E-state index in [1.165, 1.54) is 0 Å². The molecule has 0 atom stereocenters. The van der Waals surface area contributed by atoms with E-state index in [1.807, 2.05) is 6.07 Å². The summed E-state index contributed by atoms with van der Waals surface area (Å²) in [5.74, 6) is 0.720. The van der Waals surface area contributed by atoms with Gasteiger partial charge in [-0.25, -0.2) is 4.98 Å². The number of ether oxygens (including phenoxy) is 1. The molecule has 1 aromatic rings. The Morgan fingerprint density at radius 3 is 2.88 bits per heavy atom. The Bertz CT molecular complexity index is 394. The maximum atomic E-state index is 11.8. The van der Waals surface area contributed by atoms with E-state index in [-0.39, 0.29) is 11.8 Å². The van der Waals surface area contributed by atoms with E-state index in [9.17, 15) is 4.79 Å². The van der Waals surface area contributed by atoms with Gasteiger partial charge in [-0.05, 0) is 19.9 Å². The van der Waals surface area contributed by atoms with E-state index in [2.05, 4.69) is 10.3 Å². The van der Waals surface area contributed by atoms with Crippen LogP contribution in [0.25, 0.3) is 0 Å². The van der Waals surface area contributed by atoms with E-state index < -0.39 is 5.41 Å². The topological polar surface area (TPSA) is 51.2 Å². The molecule has 0 spiro atoms. The quantitative estimate of drug-likeness (QED) is 0.820. The highest BCUT2D eigenvalue weighted by molar-refractivity contribution is 6.19. The lowest BCUT2D eigenvalue weighted by atomic mass is 9.95. The molecule has 1 N–H and O–H groups in total. The van der Waals surface area contributed by atoms with Gasteiger partial charge in [0.25, 0.3) is 0 Å². The Morgan fingerprint density at radius 1 is 1.59 bits per heavy atom. The van der Waals surface area contributed by atoms with E-state index in [0.29, 0.717) is 12.4 Å². The normalized spacial score (nSPS) is 11.1.